The number of carboxylic acid groups (broad SMARTS) is 1. The number of hydrogen-bond donors (Lipinski definition) is 2. The summed E-state index contributed by atoms with van der Waals surface area (Å²) in [5, 5.41) is 13.8. The third-order valence-corrected chi connectivity index (χ3v) is 4.24. The standard InChI is InChI=1S/C15H14N2O4S/c18-13(12-6-3-7-21-12)16-10-5-2-1-4-9(10)14-17-11(8-22-14)15(19)20/h1-2,4-5,8,12H,3,6-7H2,(H,16,18)(H,19,20). The minimum Gasteiger partial charge on any atom is -0.476 e. The van der Waals surface area contributed by atoms with Gasteiger partial charge in [0, 0.05) is 17.6 Å². The van der Waals surface area contributed by atoms with Crippen molar-refractivity contribution in [1.82, 2.24) is 4.98 Å². The molecular weight excluding hydrogens is 304 g/mol. The van der Waals surface area contributed by atoms with E-state index in [1.807, 2.05) is 6.07 Å². The molecule has 2 N–H and O–H groups in total. The van der Waals surface area contributed by atoms with Crippen LogP contribution < -0.4 is 5.32 Å². The third kappa shape index (κ3) is 3.00. The Morgan fingerprint density at radius 3 is 2.86 bits per heavy atom. The van der Waals surface area contributed by atoms with Crippen molar-refractivity contribution in [2.45, 2.75) is 18.9 Å². The molecule has 1 atom stereocenters. The molecule has 1 aliphatic heterocycles. The van der Waals surface area contributed by atoms with Crippen molar-refractivity contribution in [1.29, 1.82) is 0 Å². The highest BCUT2D eigenvalue weighted by molar-refractivity contribution is 7.13. The van der Waals surface area contributed by atoms with E-state index in [2.05, 4.69) is 10.3 Å². The number of ether oxygens (including phenoxy) is 1. The molecule has 1 fully saturated rings. The number of amides is 1. The summed E-state index contributed by atoms with van der Waals surface area (Å²) in [5.41, 5.74) is 1.31. The van der Waals surface area contributed by atoms with Crippen LogP contribution in [0.2, 0.25) is 0 Å². The highest BCUT2D eigenvalue weighted by Gasteiger charge is 2.24. The summed E-state index contributed by atoms with van der Waals surface area (Å²) in [6, 6.07) is 7.19. The minimum atomic E-state index is -1.07. The van der Waals surface area contributed by atoms with E-state index in [1.54, 1.807) is 18.2 Å². The Morgan fingerprint density at radius 2 is 2.18 bits per heavy atom. The van der Waals surface area contributed by atoms with Gasteiger partial charge in [-0.3, -0.25) is 4.79 Å². The lowest BCUT2D eigenvalue weighted by Crippen LogP contribution is -2.27. The van der Waals surface area contributed by atoms with Crippen LogP contribution in [0.4, 0.5) is 5.69 Å². The SMILES string of the molecule is O=C(O)c1csc(-c2ccccc2NC(=O)C2CCCO2)n1. The molecule has 22 heavy (non-hydrogen) atoms. The lowest BCUT2D eigenvalue weighted by molar-refractivity contribution is -0.124. The van der Waals surface area contributed by atoms with Crippen LogP contribution in [0.1, 0.15) is 23.3 Å². The molecule has 0 saturated carbocycles. The van der Waals surface area contributed by atoms with Crippen molar-refractivity contribution in [2.24, 2.45) is 0 Å². The van der Waals surface area contributed by atoms with Crippen LogP contribution in [-0.2, 0) is 9.53 Å². The molecule has 7 heteroatoms. The fourth-order valence-electron chi connectivity index (χ4n) is 2.27. The summed E-state index contributed by atoms with van der Waals surface area (Å²) in [6.45, 7) is 0.605. The van der Waals surface area contributed by atoms with Crippen molar-refractivity contribution in [3.05, 3.63) is 35.3 Å². The molecule has 1 aromatic carbocycles. The van der Waals surface area contributed by atoms with E-state index in [4.69, 9.17) is 9.84 Å². The van der Waals surface area contributed by atoms with E-state index in [0.717, 1.165) is 6.42 Å². The van der Waals surface area contributed by atoms with E-state index in [-0.39, 0.29) is 11.6 Å². The molecule has 1 amide bonds. The zero-order valence-electron chi connectivity index (χ0n) is 11.6. The molecule has 0 radical (unpaired) electrons. The number of nitrogens with one attached hydrogen (secondary N) is 1. The molecule has 1 aromatic heterocycles. The molecule has 6 nitrogen and oxygen atoms in total. The smallest absolute Gasteiger partial charge is 0.355 e. The first-order valence-corrected chi connectivity index (χ1v) is 7.74. The van der Waals surface area contributed by atoms with E-state index in [9.17, 15) is 9.59 Å². The maximum atomic E-state index is 12.2. The van der Waals surface area contributed by atoms with Gasteiger partial charge < -0.3 is 15.2 Å². The Bertz CT molecular complexity index is 707. The first-order valence-electron chi connectivity index (χ1n) is 6.86. The normalized spacial score (nSPS) is 17.4. The van der Waals surface area contributed by atoms with Gasteiger partial charge in [0.05, 0.1) is 5.69 Å². The Balaban J connectivity index is 1.85. The molecule has 1 saturated heterocycles. The van der Waals surface area contributed by atoms with Crippen LogP contribution in [0.5, 0.6) is 0 Å². The number of para-hydroxylation sites is 1. The number of aromatic nitrogens is 1. The number of carboxylic acids is 1. The van der Waals surface area contributed by atoms with Gasteiger partial charge in [-0.1, -0.05) is 12.1 Å². The maximum absolute atomic E-state index is 12.2. The number of benzene rings is 1. The molecule has 1 unspecified atom stereocenters. The first-order chi connectivity index (χ1) is 10.6. The number of carbonyl (C=O) groups excluding carboxylic acids is 1. The highest BCUT2D eigenvalue weighted by Crippen LogP contribution is 2.31. The second-order valence-electron chi connectivity index (χ2n) is 4.88. The van der Waals surface area contributed by atoms with Crippen LogP contribution in [0.25, 0.3) is 10.6 Å². The predicted octanol–water partition coefficient (Wildman–Crippen LogP) is 2.63. The summed E-state index contributed by atoms with van der Waals surface area (Å²) >= 11 is 1.23. The lowest BCUT2D eigenvalue weighted by Gasteiger charge is -2.12. The Labute approximate surface area is 130 Å². The van der Waals surface area contributed by atoms with Crippen LogP contribution in [0, 0.1) is 0 Å². The fraction of sp³-hybridized carbons (Fsp3) is 0.267. The number of carbonyl (C=O) groups is 2. The molecule has 1 aliphatic rings. The largest absolute Gasteiger partial charge is 0.476 e. The average Bonchev–Trinajstić information content (AvgIpc) is 3.19. The summed E-state index contributed by atoms with van der Waals surface area (Å²) in [4.78, 5) is 27.2. The molecule has 2 aromatic rings. The highest BCUT2D eigenvalue weighted by atomic mass is 32.1. The van der Waals surface area contributed by atoms with Gasteiger partial charge >= 0.3 is 5.97 Å². The molecule has 0 bridgehead atoms. The van der Waals surface area contributed by atoms with Crippen molar-refractivity contribution in [3.63, 3.8) is 0 Å². The minimum absolute atomic E-state index is 0.000237. The summed E-state index contributed by atoms with van der Waals surface area (Å²) in [7, 11) is 0. The van der Waals surface area contributed by atoms with Gasteiger partial charge in [-0.05, 0) is 25.0 Å². The van der Waals surface area contributed by atoms with Crippen LogP contribution >= 0.6 is 11.3 Å². The van der Waals surface area contributed by atoms with Crippen LogP contribution in [0.15, 0.2) is 29.6 Å². The first kappa shape index (κ1) is 14.7. The van der Waals surface area contributed by atoms with Gasteiger partial charge in [0.15, 0.2) is 5.69 Å². The van der Waals surface area contributed by atoms with Gasteiger partial charge in [0.25, 0.3) is 5.91 Å². The van der Waals surface area contributed by atoms with E-state index < -0.39 is 12.1 Å². The summed E-state index contributed by atoms with van der Waals surface area (Å²) < 4.78 is 5.37. The van der Waals surface area contributed by atoms with E-state index >= 15 is 0 Å². The number of anilines is 1. The molecular formula is C15H14N2O4S. The topological polar surface area (TPSA) is 88.5 Å². The monoisotopic (exact) mass is 318 g/mol. The average molecular weight is 318 g/mol. The van der Waals surface area contributed by atoms with Crippen LogP contribution in [-0.4, -0.2) is 34.7 Å². The number of hydrogen-bond acceptors (Lipinski definition) is 5. The zero-order valence-corrected chi connectivity index (χ0v) is 12.4. The number of rotatable bonds is 4. The predicted molar refractivity (Wildman–Crippen MR) is 82.1 cm³/mol. The summed E-state index contributed by atoms with van der Waals surface area (Å²) in [5.74, 6) is -1.25. The molecule has 2 heterocycles. The molecule has 114 valence electrons. The quantitative estimate of drug-likeness (QED) is 0.904. The number of aromatic carboxylic acids is 1. The van der Waals surface area contributed by atoms with Crippen LogP contribution in [0.3, 0.4) is 0 Å². The fourth-order valence-corrected chi connectivity index (χ4v) is 3.10. The molecule has 3 rings (SSSR count). The van der Waals surface area contributed by atoms with Crippen molar-refractivity contribution >= 4 is 28.9 Å². The lowest BCUT2D eigenvalue weighted by atomic mass is 10.1. The van der Waals surface area contributed by atoms with Gasteiger partial charge in [0.2, 0.25) is 0 Å². The molecule has 0 spiro atoms. The third-order valence-electron chi connectivity index (χ3n) is 3.36. The maximum Gasteiger partial charge on any atom is 0.355 e. The Morgan fingerprint density at radius 1 is 1.36 bits per heavy atom. The molecule has 0 aliphatic carbocycles. The van der Waals surface area contributed by atoms with Crippen molar-refractivity contribution in [2.75, 3.05) is 11.9 Å². The van der Waals surface area contributed by atoms with Gasteiger partial charge in [0.1, 0.15) is 11.1 Å². The Hall–Kier alpha value is -2.25. The van der Waals surface area contributed by atoms with Crippen molar-refractivity contribution < 1.29 is 19.4 Å². The van der Waals surface area contributed by atoms with Crippen molar-refractivity contribution in [3.8, 4) is 10.6 Å². The second-order valence-corrected chi connectivity index (χ2v) is 5.74. The van der Waals surface area contributed by atoms with Gasteiger partial charge in [-0.25, -0.2) is 9.78 Å². The summed E-state index contributed by atoms with van der Waals surface area (Å²) in [6.07, 6.45) is 1.18. The van der Waals surface area contributed by atoms with E-state index in [1.165, 1.54) is 16.7 Å². The number of nitrogens with zero attached hydrogens (tertiary/aromatic N) is 1. The zero-order chi connectivity index (χ0) is 15.5. The number of thiazole rings is 1. The van der Waals surface area contributed by atoms with Gasteiger partial charge in [-0.15, -0.1) is 11.3 Å². The Kier molecular flexibility index (Phi) is 4.17. The second kappa shape index (κ2) is 6.25. The van der Waals surface area contributed by atoms with Gasteiger partial charge in [-0.2, -0.15) is 0 Å². The van der Waals surface area contributed by atoms with E-state index in [0.29, 0.717) is 29.3 Å².